The van der Waals surface area contributed by atoms with Gasteiger partial charge in [-0.05, 0) is 12.2 Å². The molecule has 0 aliphatic rings. The molecular weight excluding hydrogens is 342 g/mol. The SMILES string of the molecule is CCCCCCCCCCCCCCCCSCCN(CCO)CCO. The van der Waals surface area contributed by atoms with Crippen LogP contribution in [0.25, 0.3) is 0 Å². The van der Waals surface area contributed by atoms with Crippen LogP contribution in [0.2, 0.25) is 0 Å². The van der Waals surface area contributed by atoms with Crippen molar-refractivity contribution in [3.8, 4) is 0 Å². The topological polar surface area (TPSA) is 43.7 Å². The van der Waals surface area contributed by atoms with E-state index in [1.54, 1.807) is 0 Å². The number of hydrogen-bond donors (Lipinski definition) is 2. The van der Waals surface area contributed by atoms with E-state index >= 15 is 0 Å². The Bertz CT molecular complexity index is 248. The molecule has 0 fully saturated rings. The molecule has 3 nitrogen and oxygen atoms in total. The van der Waals surface area contributed by atoms with E-state index in [0.29, 0.717) is 13.1 Å². The minimum atomic E-state index is 0.184. The zero-order valence-corrected chi connectivity index (χ0v) is 18.4. The predicted octanol–water partition coefficient (Wildman–Crippen LogP) is 5.49. The lowest BCUT2D eigenvalue weighted by Crippen LogP contribution is -2.31. The van der Waals surface area contributed by atoms with Crippen molar-refractivity contribution in [2.75, 3.05) is 44.4 Å². The van der Waals surface area contributed by atoms with E-state index < -0.39 is 0 Å². The Morgan fingerprint density at radius 3 is 1.38 bits per heavy atom. The van der Waals surface area contributed by atoms with Crippen LogP contribution in [0.4, 0.5) is 0 Å². The molecule has 4 heteroatoms. The molecule has 0 amide bonds. The maximum Gasteiger partial charge on any atom is 0.0558 e. The number of aliphatic hydroxyl groups excluding tert-OH is 2. The fraction of sp³-hybridized carbons (Fsp3) is 1.00. The fourth-order valence-electron chi connectivity index (χ4n) is 3.31. The van der Waals surface area contributed by atoms with Crippen molar-refractivity contribution in [1.29, 1.82) is 0 Å². The number of aliphatic hydroxyl groups is 2. The van der Waals surface area contributed by atoms with Crippen molar-refractivity contribution in [2.24, 2.45) is 0 Å². The molecule has 0 aliphatic carbocycles. The number of thioether (sulfide) groups is 1. The molecule has 0 saturated heterocycles. The van der Waals surface area contributed by atoms with Crippen molar-refractivity contribution in [3.63, 3.8) is 0 Å². The van der Waals surface area contributed by atoms with E-state index in [2.05, 4.69) is 11.8 Å². The third kappa shape index (κ3) is 20.5. The highest BCUT2D eigenvalue weighted by atomic mass is 32.2. The van der Waals surface area contributed by atoms with Gasteiger partial charge in [0.25, 0.3) is 0 Å². The first-order valence-electron chi connectivity index (χ1n) is 11.4. The minimum Gasteiger partial charge on any atom is -0.395 e. The number of nitrogens with zero attached hydrogens (tertiary/aromatic N) is 1. The molecule has 0 rings (SSSR count). The van der Waals surface area contributed by atoms with Gasteiger partial charge >= 0.3 is 0 Å². The lowest BCUT2D eigenvalue weighted by Gasteiger charge is -2.19. The maximum atomic E-state index is 8.98. The second-order valence-electron chi connectivity index (χ2n) is 7.50. The quantitative estimate of drug-likeness (QED) is 0.240. The molecule has 0 aromatic carbocycles. The van der Waals surface area contributed by atoms with Crippen LogP contribution in [0.3, 0.4) is 0 Å². The molecule has 0 aromatic rings. The molecule has 0 saturated carbocycles. The molecule has 0 aliphatic heterocycles. The molecule has 0 spiro atoms. The Labute approximate surface area is 168 Å². The van der Waals surface area contributed by atoms with Gasteiger partial charge in [0.1, 0.15) is 0 Å². The largest absolute Gasteiger partial charge is 0.395 e. The number of unbranched alkanes of at least 4 members (excludes halogenated alkanes) is 13. The Hall–Kier alpha value is 0.230. The van der Waals surface area contributed by atoms with E-state index in [1.165, 1.54) is 95.6 Å². The maximum absolute atomic E-state index is 8.98. The Morgan fingerprint density at radius 2 is 0.962 bits per heavy atom. The molecule has 0 unspecified atom stereocenters. The van der Waals surface area contributed by atoms with Gasteiger partial charge in [-0.1, -0.05) is 90.4 Å². The summed E-state index contributed by atoms with van der Waals surface area (Å²) in [6.07, 6.45) is 19.9. The molecule has 158 valence electrons. The minimum absolute atomic E-state index is 0.184. The molecule has 0 radical (unpaired) electrons. The first-order valence-corrected chi connectivity index (χ1v) is 12.5. The average molecular weight is 390 g/mol. The third-order valence-electron chi connectivity index (χ3n) is 5.03. The summed E-state index contributed by atoms with van der Waals surface area (Å²) in [7, 11) is 0. The van der Waals surface area contributed by atoms with Gasteiger partial charge in [-0.3, -0.25) is 4.90 Å². The summed E-state index contributed by atoms with van der Waals surface area (Å²) in [5.41, 5.74) is 0. The summed E-state index contributed by atoms with van der Waals surface area (Å²) in [5, 5.41) is 18.0. The first-order chi connectivity index (χ1) is 12.8. The van der Waals surface area contributed by atoms with Crippen molar-refractivity contribution in [1.82, 2.24) is 4.90 Å². The fourth-order valence-corrected chi connectivity index (χ4v) is 4.31. The molecule has 26 heavy (non-hydrogen) atoms. The summed E-state index contributed by atoms with van der Waals surface area (Å²) < 4.78 is 0. The van der Waals surface area contributed by atoms with E-state index in [-0.39, 0.29) is 13.2 Å². The van der Waals surface area contributed by atoms with Crippen LogP contribution < -0.4 is 0 Å². The number of hydrogen-bond acceptors (Lipinski definition) is 4. The van der Waals surface area contributed by atoms with Crippen LogP contribution in [0.15, 0.2) is 0 Å². The van der Waals surface area contributed by atoms with Crippen LogP contribution in [0, 0.1) is 0 Å². The van der Waals surface area contributed by atoms with Crippen LogP contribution in [-0.4, -0.2) is 59.5 Å². The average Bonchev–Trinajstić information content (AvgIpc) is 2.64. The molecular formula is C22H47NO2S. The standard InChI is InChI=1S/C22H47NO2S/c1-2-3-4-5-6-7-8-9-10-11-12-13-14-15-21-26-22-18-23(16-19-24)17-20-25/h24-25H,2-22H2,1H3. The van der Waals surface area contributed by atoms with Crippen LogP contribution in [0.1, 0.15) is 96.8 Å². The summed E-state index contributed by atoms with van der Waals surface area (Å²) in [4.78, 5) is 2.14. The van der Waals surface area contributed by atoms with E-state index in [4.69, 9.17) is 10.2 Å². The summed E-state index contributed by atoms with van der Waals surface area (Å²) >= 11 is 2.01. The number of rotatable bonds is 22. The van der Waals surface area contributed by atoms with Gasteiger partial charge in [0, 0.05) is 25.4 Å². The van der Waals surface area contributed by atoms with Crippen LogP contribution >= 0.6 is 11.8 Å². The van der Waals surface area contributed by atoms with Gasteiger partial charge < -0.3 is 10.2 Å². The highest BCUT2D eigenvalue weighted by Gasteiger charge is 2.02. The van der Waals surface area contributed by atoms with Gasteiger partial charge in [0.15, 0.2) is 0 Å². The molecule has 2 N–H and O–H groups in total. The molecule has 0 atom stereocenters. The van der Waals surface area contributed by atoms with E-state index in [1.807, 2.05) is 11.8 Å². The van der Waals surface area contributed by atoms with Crippen molar-refractivity contribution in [3.05, 3.63) is 0 Å². The summed E-state index contributed by atoms with van der Waals surface area (Å²) in [6.45, 7) is 4.99. The third-order valence-corrected chi connectivity index (χ3v) is 6.08. The smallest absolute Gasteiger partial charge is 0.0558 e. The second kappa shape index (κ2) is 23.3. The van der Waals surface area contributed by atoms with Gasteiger partial charge in [0.2, 0.25) is 0 Å². The molecule has 0 heterocycles. The highest BCUT2D eigenvalue weighted by molar-refractivity contribution is 7.99. The summed E-state index contributed by atoms with van der Waals surface area (Å²) in [5.74, 6) is 2.36. The van der Waals surface area contributed by atoms with Crippen molar-refractivity contribution < 1.29 is 10.2 Å². The zero-order chi connectivity index (χ0) is 19.1. The van der Waals surface area contributed by atoms with E-state index in [9.17, 15) is 0 Å². The lowest BCUT2D eigenvalue weighted by molar-refractivity contribution is 0.167. The van der Waals surface area contributed by atoms with Crippen LogP contribution in [-0.2, 0) is 0 Å². The highest BCUT2D eigenvalue weighted by Crippen LogP contribution is 2.14. The van der Waals surface area contributed by atoms with Crippen molar-refractivity contribution in [2.45, 2.75) is 96.8 Å². The summed E-state index contributed by atoms with van der Waals surface area (Å²) in [6, 6.07) is 0. The van der Waals surface area contributed by atoms with E-state index in [0.717, 1.165) is 12.3 Å². The van der Waals surface area contributed by atoms with Gasteiger partial charge in [-0.25, -0.2) is 0 Å². The monoisotopic (exact) mass is 389 g/mol. The van der Waals surface area contributed by atoms with Gasteiger partial charge in [0.05, 0.1) is 13.2 Å². The molecule has 0 aromatic heterocycles. The Balaban J connectivity index is 3.13. The lowest BCUT2D eigenvalue weighted by atomic mass is 10.0. The first kappa shape index (κ1) is 26.2. The Morgan fingerprint density at radius 1 is 0.538 bits per heavy atom. The molecule has 0 bridgehead atoms. The second-order valence-corrected chi connectivity index (χ2v) is 8.72. The van der Waals surface area contributed by atoms with Crippen LogP contribution in [0.5, 0.6) is 0 Å². The van der Waals surface area contributed by atoms with Gasteiger partial charge in [-0.15, -0.1) is 0 Å². The zero-order valence-electron chi connectivity index (χ0n) is 17.6. The predicted molar refractivity (Wildman–Crippen MR) is 118 cm³/mol. The van der Waals surface area contributed by atoms with Gasteiger partial charge in [-0.2, -0.15) is 11.8 Å². The van der Waals surface area contributed by atoms with Crippen molar-refractivity contribution >= 4 is 11.8 Å². The normalized spacial score (nSPS) is 11.5. The Kier molecular flexibility index (Phi) is 23.5.